The van der Waals surface area contributed by atoms with Crippen LogP contribution in [-0.2, 0) is 11.2 Å². The molecule has 144 valence electrons. The van der Waals surface area contributed by atoms with Gasteiger partial charge in [-0.15, -0.1) is 0 Å². The number of hydrogen-bond donors (Lipinski definition) is 1. The molecule has 6 heteroatoms. The monoisotopic (exact) mass is 378 g/mol. The van der Waals surface area contributed by atoms with Crippen LogP contribution in [0, 0.1) is 0 Å². The molecule has 4 rings (SSSR count). The van der Waals surface area contributed by atoms with Crippen molar-refractivity contribution in [1.29, 1.82) is 0 Å². The Hall–Kier alpha value is -2.99. The molecule has 0 aliphatic carbocycles. The number of ether oxygens (including phenoxy) is 1. The summed E-state index contributed by atoms with van der Waals surface area (Å²) in [6.07, 6.45) is 2.64. The molecule has 0 atom stereocenters. The highest BCUT2D eigenvalue weighted by molar-refractivity contribution is 6.22. The van der Waals surface area contributed by atoms with Crippen molar-refractivity contribution in [2.45, 2.75) is 25.4 Å². The fraction of sp³-hybridized carbons (Fsp3) is 0.318. The minimum atomic E-state index is -0.444. The van der Waals surface area contributed by atoms with Crippen LogP contribution in [0.1, 0.15) is 49.5 Å². The molecule has 1 N–H and O–H groups in total. The van der Waals surface area contributed by atoms with Gasteiger partial charge in [-0.05, 0) is 43.0 Å². The first-order chi connectivity index (χ1) is 13.6. The van der Waals surface area contributed by atoms with Crippen LogP contribution in [0.25, 0.3) is 0 Å². The molecule has 0 saturated carbocycles. The van der Waals surface area contributed by atoms with E-state index in [2.05, 4.69) is 17.4 Å². The lowest BCUT2D eigenvalue weighted by Gasteiger charge is -2.32. The molecular formula is C22H22N2O4. The Bertz CT molecular complexity index is 902. The van der Waals surface area contributed by atoms with E-state index in [1.807, 2.05) is 18.2 Å². The highest BCUT2D eigenvalue weighted by Crippen LogP contribution is 2.21. The molecule has 0 aromatic heterocycles. The third-order valence-electron chi connectivity index (χ3n) is 5.30. The van der Waals surface area contributed by atoms with Gasteiger partial charge in [0.2, 0.25) is 0 Å². The maximum Gasteiger partial charge on any atom is 0.258 e. The zero-order valence-corrected chi connectivity index (χ0v) is 15.5. The average Bonchev–Trinajstić information content (AvgIpc) is 3.02. The molecule has 2 aromatic carbocycles. The predicted molar refractivity (Wildman–Crippen MR) is 103 cm³/mol. The molecule has 2 aromatic rings. The van der Waals surface area contributed by atoms with Crippen LogP contribution in [-0.4, -0.2) is 48.4 Å². The van der Waals surface area contributed by atoms with Crippen LogP contribution < -0.4 is 5.32 Å². The SMILES string of the molecule is O=C1NC(=O)c2cc(C(=O)N3CCC(OCCc4ccccc4)CC3)ccc21. The van der Waals surface area contributed by atoms with Gasteiger partial charge >= 0.3 is 0 Å². The van der Waals surface area contributed by atoms with E-state index in [1.165, 1.54) is 11.6 Å². The zero-order valence-electron chi connectivity index (χ0n) is 15.5. The highest BCUT2D eigenvalue weighted by Gasteiger charge is 2.29. The van der Waals surface area contributed by atoms with Gasteiger partial charge in [0.25, 0.3) is 17.7 Å². The number of nitrogens with zero attached hydrogens (tertiary/aromatic N) is 1. The van der Waals surface area contributed by atoms with E-state index in [9.17, 15) is 14.4 Å². The lowest BCUT2D eigenvalue weighted by molar-refractivity contribution is 0.0100. The summed E-state index contributed by atoms with van der Waals surface area (Å²) in [4.78, 5) is 38.0. The van der Waals surface area contributed by atoms with Crippen molar-refractivity contribution in [3.05, 3.63) is 70.8 Å². The second-order valence-corrected chi connectivity index (χ2v) is 7.14. The number of benzene rings is 2. The van der Waals surface area contributed by atoms with Crippen molar-refractivity contribution in [3.8, 4) is 0 Å². The molecule has 1 fully saturated rings. The van der Waals surface area contributed by atoms with Crippen LogP contribution in [0.2, 0.25) is 0 Å². The third-order valence-corrected chi connectivity index (χ3v) is 5.30. The number of carbonyl (C=O) groups excluding carboxylic acids is 3. The zero-order chi connectivity index (χ0) is 19.5. The summed E-state index contributed by atoms with van der Waals surface area (Å²) in [6.45, 7) is 1.92. The molecule has 0 radical (unpaired) electrons. The predicted octanol–water partition coefficient (Wildman–Crippen LogP) is 2.43. The molecule has 0 spiro atoms. The van der Waals surface area contributed by atoms with Crippen molar-refractivity contribution in [3.63, 3.8) is 0 Å². The number of rotatable bonds is 5. The van der Waals surface area contributed by atoms with Crippen LogP contribution in [0.4, 0.5) is 0 Å². The Morgan fingerprint density at radius 1 is 1.00 bits per heavy atom. The van der Waals surface area contributed by atoms with Crippen LogP contribution >= 0.6 is 0 Å². The highest BCUT2D eigenvalue weighted by atomic mass is 16.5. The number of nitrogens with one attached hydrogen (secondary N) is 1. The topological polar surface area (TPSA) is 75.7 Å². The third kappa shape index (κ3) is 3.82. The fourth-order valence-electron chi connectivity index (χ4n) is 3.70. The number of fused-ring (bicyclic) bond motifs is 1. The smallest absolute Gasteiger partial charge is 0.258 e. The van der Waals surface area contributed by atoms with Gasteiger partial charge in [-0.25, -0.2) is 0 Å². The molecule has 0 bridgehead atoms. The Balaban J connectivity index is 1.29. The first kappa shape index (κ1) is 18.4. The quantitative estimate of drug-likeness (QED) is 0.811. The second kappa shape index (κ2) is 7.94. The van der Waals surface area contributed by atoms with E-state index < -0.39 is 11.8 Å². The van der Waals surface area contributed by atoms with Crippen LogP contribution in [0.15, 0.2) is 48.5 Å². The van der Waals surface area contributed by atoms with E-state index >= 15 is 0 Å². The number of amides is 3. The number of piperidine rings is 1. The molecule has 2 aliphatic rings. The minimum absolute atomic E-state index is 0.113. The summed E-state index contributed by atoms with van der Waals surface area (Å²) in [5, 5.41) is 2.25. The normalized spacial score (nSPS) is 16.8. The lowest BCUT2D eigenvalue weighted by Crippen LogP contribution is -2.41. The summed E-state index contributed by atoms with van der Waals surface area (Å²) >= 11 is 0. The van der Waals surface area contributed by atoms with Crippen molar-refractivity contribution in [1.82, 2.24) is 10.2 Å². The Morgan fingerprint density at radius 2 is 1.71 bits per heavy atom. The molecule has 2 aliphatic heterocycles. The van der Waals surface area contributed by atoms with Gasteiger partial charge in [0, 0.05) is 18.7 Å². The van der Waals surface area contributed by atoms with Gasteiger partial charge in [0.1, 0.15) is 0 Å². The van der Waals surface area contributed by atoms with Crippen LogP contribution in [0.3, 0.4) is 0 Å². The first-order valence-corrected chi connectivity index (χ1v) is 9.56. The Labute approximate surface area is 163 Å². The first-order valence-electron chi connectivity index (χ1n) is 9.56. The van der Waals surface area contributed by atoms with Crippen LogP contribution in [0.5, 0.6) is 0 Å². The van der Waals surface area contributed by atoms with Gasteiger partial charge in [-0.1, -0.05) is 30.3 Å². The molecule has 0 unspecified atom stereocenters. The summed E-state index contributed by atoms with van der Waals surface area (Å²) in [5.74, 6) is -0.967. The Kier molecular flexibility index (Phi) is 5.21. The number of hydrogen-bond acceptors (Lipinski definition) is 4. The lowest BCUT2D eigenvalue weighted by atomic mass is 10.0. The molecule has 3 amide bonds. The average molecular weight is 378 g/mol. The Morgan fingerprint density at radius 3 is 2.46 bits per heavy atom. The van der Waals surface area contributed by atoms with Crippen molar-refractivity contribution in [2.75, 3.05) is 19.7 Å². The number of imide groups is 1. The standard InChI is InChI=1S/C22H22N2O4/c25-20-18-7-6-16(14-19(18)21(26)23-20)22(27)24-11-8-17(9-12-24)28-13-10-15-4-2-1-3-5-15/h1-7,14,17H,8-13H2,(H,23,25,26). The number of carbonyl (C=O) groups is 3. The van der Waals surface area contributed by atoms with Crippen molar-refractivity contribution < 1.29 is 19.1 Å². The van der Waals surface area contributed by atoms with Gasteiger partial charge in [-0.3, -0.25) is 19.7 Å². The molecule has 6 nitrogen and oxygen atoms in total. The van der Waals surface area contributed by atoms with Gasteiger partial charge in [0.05, 0.1) is 23.8 Å². The molecular weight excluding hydrogens is 356 g/mol. The molecule has 1 saturated heterocycles. The van der Waals surface area contributed by atoms with E-state index in [-0.39, 0.29) is 17.6 Å². The maximum absolute atomic E-state index is 12.8. The second-order valence-electron chi connectivity index (χ2n) is 7.14. The largest absolute Gasteiger partial charge is 0.378 e. The molecule has 28 heavy (non-hydrogen) atoms. The van der Waals surface area contributed by atoms with Crippen molar-refractivity contribution in [2.24, 2.45) is 0 Å². The minimum Gasteiger partial charge on any atom is -0.378 e. The van der Waals surface area contributed by atoms with E-state index in [0.29, 0.717) is 30.8 Å². The van der Waals surface area contributed by atoms with E-state index in [4.69, 9.17) is 4.74 Å². The van der Waals surface area contributed by atoms with E-state index in [0.717, 1.165) is 19.3 Å². The summed E-state index contributed by atoms with van der Waals surface area (Å²) in [6, 6.07) is 14.9. The van der Waals surface area contributed by atoms with E-state index in [1.54, 1.807) is 17.0 Å². The van der Waals surface area contributed by atoms with Gasteiger partial charge in [-0.2, -0.15) is 0 Å². The maximum atomic E-state index is 12.8. The summed E-state index contributed by atoms with van der Waals surface area (Å²) in [7, 11) is 0. The summed E-state index contributed by atoms with van der Waals surface area (Å²) < 4.78 is 5.98. The van der Waals surface area contributed by atoms with Gasteiger partial charge in [0.15, 0.2) is 0 Å². The van der Waals surface area contributed by atoms with Crippen molar-refractivity contribution >= 4 is 17.7 Å². The summed E-state index contributed by atoms with van der Waals surface area (Å²) in [5.41, 5.74) is 2.29. The van der Waals surface area contributed by atoms with Gasteiger partial charge < -0.3 is 9.64 Å². The number of likely N-dealkylation sites (tertiary alicyclic amines) is 1. The fourth-order valence-corrected chi connectivity index (χ4v) is 3.70. The molecule has 2 heterocycles.